The first-order chi connectivity index (χ1) is 13.1. The van der Waals surface area contributed by atoms with Crippen LogP contribution in [0.4, 0.5) is 0 Å². The lowest BCUT2D eigenvalue weighted by atomic mass is 10.0. The summed E-state index contributed by atoms with van der Waals surface area (Å²) >= 11 is 13.6. The van der Waals surface area contributed by atoms with Gasteiger partial charge in [-0.15, -0.1) is 11.8 Å². The fourth-order valence-corrected chi connectivity index (χ4v) is 3.95. The van der Waals surface area contributed by atoms with Gasteiger partial charge in [-0.2, -0.15) is 0 Å². The number of Topliss-reactive ketones (excluding diaryl/α,β-unsaturated/α-hetero) is 1. The van der Waals surface area contributed by atoms with Crippen molar-refractivity contribution in [3.63, 3.8) is 0 Å². The van der Waals surface area contributed by atoms with E-state index in [1.807, 2.05) is 78.9 Å². The summed E-state index contributed by atoms with van der Waals surface area (Å²) in [6.07, 6.45) is 0. The molecule has 2 nitrogen and oxygen atoms in total. The Morgan fingerprint density at radius 3 is 1.85 bits per heavy atom. The Balaban J connectivity index is 1.67. The normalized spacial score (nSPS) is 10.8. The summed E-state index contributed by atoms with van der Waals surface area (Å²) in [4.78, 5) is 12.3. The number of para-hydroxylation sites is 1. The number of halogens is 2. The van der Waals surface area contributed by atoms with Gasteiger partial charge in [0.15, 0.2) is 5.78 Å². The molecule has 138 valence electrons. The zero-order valence-corrected chi connectivity index (χ0v) is 16.8. The Morgan fingerprint density at radius 2 is 1.33 bits per heavy atom. The molecule has 0 unspecified atom stereocenters. The molecule has 27 heavy (non-hydrogen) atoms. The second kappa shape index (κ2) is 9.84. The number of carbonyl (C=O) groups is 1. The van der Waals surface area contributed by atoms with Crippen LogP contribution >= 0.6 is 35.0 Å². The van der Waals surface area contributed by atoms with Gasteiger partial charge in [-0.3, -0.25) is 4.79 Å². The fraction of sp³-hybridized carbons (Fsp3) is 0.136. The van der Waals surface area contributed by atoms with Crippen molar-refractivity contribution in [2.24, 2.45) is 0 Å². The molecule has 0 spiro atoms. The molecule has 0 N–H and O–H groups in total. The van der Waals surface area contributed by atoms with Crippen molar-refractivity contribution in [2.45, 2.75) is 5.25 Å². The van der Waals surface area contributed by atoms with Gasteiger partial charge in [-0.1, -0.05) is 65.7 Å². The van der Waals surface area contributed by atoms with Crippen molar-refractivity contribution < 1.29 is 9.53 Å². The molecule has 0 aromatic heterocycles. The van der Waals surface area contributed by atoms with Crippen LogP contribution in [0.1, 0.15) is 16.4 Å². The number of carbonyl (C=O) groups excluding carboxylic acids is 1. The Kier molecular flexibility index (Phi) is 7.22. The number of benzene rings is 3. The minimum absolute atomic E-state index is 0.0141. The molecule has 0 bridgehead atoms. The van der Waals surface area contributed by atoms with E-state index in [0.29, 0.717) is 21.5 Å². The smallest absolute Gasteiger partial charge is 0.180 e. The number of ketones is 1. The Morgan fingerprint density at radius 1 is 0.815 bits per heavy atom. The molecule has 3 aromatic rings. The standard InChI is InChI=1S/C22H18Cl2O2S/c23-18-10-6-16(7-11-18)22(17-8-12-19(24)13-9-17)27-15-20(25)14-26-21-4-2-1-3-5-21/h1-13,22H,14-15H2. The molecule has 0 saturated heterocycles. The lowest BCUT2D eigenvalue weighted by molar-refractivity contribution is -0.118. The van der Waals surface area contributed by atoms with E-state index in [2.05, 4.69) is 0 Å². The van der Waals surface area contributed by atoms with Crippen LogP contribution in [0.3, 0.4) is 0 Å². The van der Waals surface area contributed by atoms with Gasteiger partial charge in [0.2, 0.25) is 0 Å². The van der Waals surface area contributed by atoms with E-state index in [-0.39, 0.29) is 17.6 Å². The van der Waals surface area contributed by atoms with Crippen LogP contribution in [0.2, 0.25) is 10.0 Å². The minimum atomic E-state index is 0.0141. The molecule has 0 aliphatic carbocycles. The first-order valence-corrected chi connectivity index (χ1v) is 10.2. The predicted octanol–water partition coefficient (Wildman–Crippen LogP) is 6.46. The third-order valence-electron chi connectivity index (χ3n) is 3.90. The van der Waals surface area contributed by atoms with Crippen LogP contribution in [0.5, 0.6) is 5.75 Å². The maximum absolute atomic E-state index is 12.3. The van der Waals surface area contributed by atoms with Crippen molar-refractivity contribution in [3.8, 4) is 5.75 Å². The van der Waals surface area contributed by atoms with E-state index in [1.54, 1.807) is 11.8 Å². The van der Waals surface area contributed by atoms with E-state index >= 15 is 0 Å². The maximum Gasteiger partial charge on any atom is 0.180 e. The molecule has 0 amide bonds. The van der Waals surface area contributed by atoms with Gasteiger partial charge >= 0.3 is 0 Å². The molecule has 5 heteroatoms. The van der Waals surface area contributed by atoms with Gasteiger partial charge in [-0.25, -0.2) is 0 Å². The van der Waals surface area contributed by atoms with Crippen LogP contribution in [0.15, 0.2) is 78.9 Å². The second-order valence-electron chi connectivity index (χ2n) is 5.93. The maximum atomic E-state index is 12.3. The van der Waals surface area contributed by atoms with Crippen molar-refractivity contribution in [1.82, 2.24) is 0 Å². The zero-order valence-electron chi connectivity index (χ0n) is 14.5. The van der Waals surface area contributed by atoms with Gasteiger partial charge < -0.3 is 4.74 Å². The summed E-state index contributed by atoms with van der Waals surface area (Å²) in [5.74, 6) is 1.09. The number of hydrogen-bond donors (Lipinski definition) is 0. The molecule has 3 aromatic carbocycles. The van der Waals surface area contributed by atoms with Crippen LogP contribution in [-0.2, 0) is 4.79 Å². The molecular formula is C22H18Cl2O2S. The van der Waals surface area contributed by atoms with Crippen molar-refractivity contribution in [1.29, 1.82) is 0 Å². The van der Waals surface area contributed by atoms with E-state index in [4.69, 9.17) is 27.9 Å². The molecule has 0 atom stereocenters. The number of hydrogen-bond acceptors (Lipinski definition) is 3. The summed E-state index contributed by atoms with van der Waals surface area (Å²) in [6.45, 7) is 0.0605. The van der Waals surface area contributed by atoms with Crippen molar-refractivity contribution in [2.75, 3.05) is 12.4 Å². The lowest BCUT2D eigenvalue weighted by Gasteiger charge is -2.18. The van der Waals surface area contributed by atoms with Gasteiger partial charge in [0, 0.05) is 10.0 Å². The van der Waals surface area contributed by atoms with Crippen LogP contribution in [0.25, 0.3) is 0 Å². The summed E-state index contributed by atoms with van der Waals surface area (Å²) in [5, 5.41) is 1.39. The van der Waals surface area contributed by atoms with Gasteiger partial charge in [0.05, 0.1) is 11.0 Å². The molecule has 0 saturated carbocycles. The highest BCUT2D eigenvalue weighted by atomic mass is 35.5. The Hall–Kier alpha value is -1.94. The van der Waals surface area contributed by atoms with Crippen LogP contribution in [0, 0.1) is 0 Å². The largest absolute Gasteiger partial charge is 0.486 e. The SMILES string of the molecule is O=C(COc1ccccc1)CSC(c1ccc(Cl)cc1)c1ccc(Cl)cc1. The Bertz CT molecular complexity index is 820. The molecule has 0 heterocycles. The number of ether oxygens (including phenoxy) is 1. The summed E-state index contributed by atoms with van der Waals surface area (Å²) in [6, 6.07) is 24.7. The topological polar surface area (TPSA) is 26.3 Å². The second-order valence-corrected chi connectivity index (χ2v) is 7.90. The molecule has 3 rings (SSSR count). The van der Waals surface area contributed by atoms with E-state index in [0.717, 1.165) is 11.1 Å². The third-order valence-corrected chi connectivity index (χ3v) is 5.77. The monoisotopic (exact) mass is 416 g/mol. The van der Waals surface area contributed by atoms with E-state index in [9.17, 15) is 4.79 Å². The highest BCUT2D eigenvalue weighted by Crippen LogP contribution is 2.36. The summed E-state index contributed by atoms with van der Waals surface area (Å²) < 4.78 is 5.55. The third kappa shape index (κ3) is 6.03. The average Bonchev–Trinajstić information content (AvgIpc) is 2.70. The molecule has 0 radical (unpaired) electrons. The number of rotatable bonds is 8. The summed E-state index contributed by atoms with van der Waals surface area (Å²) in [7, 11) is 0. The van der Waals surface area contributed by atoms with E-state index in [1.165, 1.54) is 0 Å². The summed E-state index contributed by atoms with van der Waals surface area (Å²) in [5.41, 5.74) is 2.17. The first-order valence-electron chi connectivity index (χ1n) is 8.44. The zero-order chi connectivity index (χ0) is 19.1. The van der Waals surface area contributed by atoms with Crippen LogP contribution < -0.4 is 4.74 Å². The average molecular weight is 417 g/mol. The highest BCUT2D eigenvalue weighted by molar-refractivity contribution is 8.00. The number of thioether (sulfide) groups is 1. The van der Waals surface area contributed by atoms with Gasteiger partial charge in [0.1, 0.15) is 12.4 Å². The van der Waals surface area contributed by atoms with Gasteiger partial charge in [-0.05, 0) is 47.5 Å². The van der Waals surface area contributed by atoms with E-state index < -0.39 is 0 Å². The Labute approximate surface area is 173 Å². The van der Waals surface area contributed by atoms with Crippen LogP contribution in [-0.4, -0.2) is 18.1 Å². The molecular weight excluding hydrogens is 399 g/mol. The molecule has 0 aliphatic rings. The highest BCUT2D eigenvalue weighted by Gasteiger charge is 2.17. The minimum Gasteiger partial charge on any atom is -0.486 e. The van der Waals surface area contributed by atoms with Gasteiger partial charge in [0.25, 0.3) is 0 Å². The van der Waals surface area contributed by atoms with Crippen molar-refractivity contribution in [3.05, 3.63) is 100 Å². The lowest BCUT2D eigenvalue weighted by Crippen LogP contribution is -2.14. The molecule has 0 aliphatic heterocycles. The van der Waals surface area contributed by atoms with Crippen molar-refractivity contribution >= 4 is 40.7 Å². The molecule has 0 fully saturated rings. The predicted molar refractivity (Wildman–Crippen MR) is 114 cm³/mol. The first kappa shape index (κ1) is 19.8. The quantitative estimate of drug-likeness (QED) is 0.421. The fourth-order valence-electron chi connectivity index (χ4n) is 2.56.